The number of aromatic carboxylic acids is 1. The number of nitrogens with zero attached hydrogens (tertiary/aromatic N) is 5. The smallest absolute Gasteiger partial charge is 0.335 e. The molecule has 8 nitrogen and oxygen atoms in total. The van der Waals surface area contributed by atoms with Crippen molar-refractivity contribution in [3.63, 3.8) is 0 Å². The molecule has 42 heavy (non-hydrogen) atoms. The highest BCUT2D eigenvalue weighted by Crippen LogP contribution is 2.47. The zero-order valence-electron chi connectivity index (χ0n) is 23.0. The molecule has 8 rings (SSSR count). The first kappa shape index (κ1) is 26.9. The van der Waals surface area contributed by atoms with Gasteiger partial charge in [-0.05, 0) is 74.3 Å². The van der Waals surface area contributed by atoms with E-state index in [4.69, 9.17) is 32.9 Å². The van der Waals surface area contributed by atoms with E-state index in [0.717, 1.165) is 71.7 Å². The Labute approximate surface area is 257 Å². The highest BCUT2D eigenvalue weighted by molar-refractivity contribution is 7.22. The second-order valence-electron chi connectivity index (χ2n) is 12.2. The fourth-order valence-electron chi connectivity index (χ4n) is 7.35. The summed E-state index contributed by atoms with van der Waals surface area (Å²) < 4.78 is 9.60. The molecule has 11 heteroatoms. The number of ether oxygens (including phenoxy) is 1. The van der Waals surface area contributed by atoms with Crippen molar-refractivity contribution in [1.82, 2.24) is 20.0 Å². The molecule has 4 fully saturated rings. The molecule has 2 aromatic carbocycles. The van der Waals surface area contributed by atoms with E-state index in [1.807, 2.05) is 28.9 Å². The lowest BCUT2D eigenvalue weighted by Crippen LogP contribution is -2.38. The molecule has 3 heterocycles. The number of fused-ring (bicyclic) bond motifs is 3. The zero-order valence-corrected chi connectivity index (χ0v) is 25.3. The van der Waals surface area contributed by atoms with E-state index in [1.54, 1.807) is 17.4 Å². The molecule has 0 unspecified atom stereocenters. The Balaban J connectivity index is 1.02. The minimum atomic E-state index is -0.871. The van der Waals surface area contributed by atoms with Crippen LogP contribution in [-0.4, -0.2) is 49.7 Å². The lowest BCUT2D eigenvalue weighted by atomic mass is 9.95. The fraction of sp³-hybridized carbons (Fsp3) is 0.484. The Bertz CT molecular complexity index is 1670. The topological polar surface area (TPSA) is 93.4 Å². The van der Waals surface area contributed by atoms with Crippen LogP contribution in [0.1, 0.15) is 84.9 Å². The number of piperidine rings is 1. The number of anilines is 1. The number of carbonyl (C=O) groups is 1. The van der Waals surface area contributed by atoms with Crippen molar-refractivity contribution in [2.75, 3.05) is 11.4 Å². The molecule has 3 aliphatic carbocycles. The Morgan fingerprint density at radius 2 is 1.86 bits per heavy atom. The lowest BCUT2D eigenvalue weighted by molar-refractivity contribution is 0.00958. The first-order chi connectivity index (χ1) is 20.4. The van der Waals surface area contributed by atoms with E-state index in [-0.39, 0.29) is 6.10 Å². The van der Waals surface area contributed by atoms with Crippen molar-refractivity contribution < 1.29 is 14.6 Å². The number of benzene rings is 2. The van der Waals surface area contributed by atoms with Crippen LogP contribution in [0.5, 0.6) is 0 Å². The number of thiazole rings is 1. The van der Waals surface area contributed by atoms with Crippen molar-refractivity contribution in [3.05, 3.63) is 57.2 Å². The number of carboxylic acids is 1. The van der Waals surface area contributed by atoms with Gasteiger partial charge in [-0.3, -0.25) is 0 Å². The van der Waals surface area contributed by atoms with Gasteiger partial charge in [-0.25, -0.2) is 14.5 Å². The zero-order chi connectivity index (χ0) is 28.5. The van der Waals surface area contributed by atoms with Gasteiger partial charge in [0, 0.05) is 24.1 Å². The summed E-state index contributed by atoms with van der Waals surface area (Å²) in [6.45, 7) is 1.31. The van der Waals surface area contributed by atoms with Crippen LogP contribution in [0.2, 0.25) is 10.0 Å². The fourth-order valence-corrected chi connectivity index (χ4v) is 9.04. The predicted molar refractivity (Wildman–Crippen MR) is 164 cm³/mol. The van der Waals surface area contributed by atoms with Gasteiger partial charge in [0.25, 0.3) is 0 Å². The number of aromatic nitrogens is 4. The van der Waals surface area contributed by atoms with Crippen molar-refractivity contribution in [2.24, 2.45) is 5.92 Å². The quantitative estimate of drug-likeness (QED) is 0.214. The Kier molecular flexibility index (Phi) is 6.70. The molecule has 2 aromatic heterocycles. The molecule has 1 N–H and O–H groups in total. The van der Waals surface area contributed by atoms with Crippen LogP contribution < -0.4 is 4.90 Å². The first-order valence-electron chi connectivity index (χ1n) is 14.9. The van der Waals surface area contributed by atoms with Crippen LogP contribution in [0.3, 0.4) is 0 Å². The van der Waals surface area contributed by atoms with Gasteiger partial charge in [0.05, 0.1) is 50.3 Å². The predicted octanol–water partition coefficient (Wildman–Crippen LogP) is 7.74. The van der Waals surface area contributed by atoms with Crippen LogP contribution in [0.25, 0.3) is 21.5 Å². The third kappa shape index (κ3) is 4.60. The molecule has 3 saturated carbocycles. The van der Waals surface area contributed by atoms with Crippen molar-refractivity contribution in [2.45, 2.75) is 82.1 Å². The summed E-state index contributed by atoms with van der Waals surface area (Å²) in [5.74, 6) is -0.0633. The average molecular weight is 625 g/mol. The molecule has 0 amide bonds. The van der Waals surface area contributed by atoms with Gasteiger partial charge >= 0.3 is 5.97 Å². The minimum Gasteiger partial charge on any atom is -0.478 e. The summed E-state index contributed by atoms with van der Waals surface area (Å²) in [6.07, 6.45) is 8.94. The third-order valence-corrected chi connectivity index (χ3v) is 11.3. The number of rotatable bonds is 8. The van der Waals surface area contributed by atoms with Gasteiger partial charge in [-0.15, -0.1) is 5.10 Å². The van der Waals surface area contributed by atoms with Crippen molar-refractivity contribution in [1.29, 1.82) is 0 Å². The number of hydrogen-bond donors (Lipinski definition) is 1. The molecule has 1 saturated heterocycles. The number of carboxylic acid groups (broad SMARTS) is 1. The van der Waals surface area contributed by atoms with E-state index in [2.05, 4.69) is 15.2 Å². The molecule has 218 valence electrons. The SMILES string of the molecule is O=C(O)c1cc(C2CCCC2)c2nc(N3C[C@@H]4C[C@H]3C[C@H]4OCc3c(-c4c(Cl)cccc4Cl)nnn3C3CC3)sc2c1. The van der Waals surface area contributed by atoms with Crippen LogP contribution >= 0.6 is 34.5 Å². The first-order valence-corrected chi connectivity index (χ1v) is 16.5. The normalized spacial score (nSPS) is 24.0. The van der Waals surface area contributed by atoms with Crippen LogP contribution in [-0.2, 0) is 11.3 Å². The molecule has 4 aromatic rings. The van der Waals surface area contributed by atoms with Crippen LogP contribution in [0.4, 0.5) is 5.13 Å². The standard InChI is InChI=1S/C31H31Cl2N5O3S/c32-22-6-3-7-23(33)27(22)29-24(38(36-35-29)19-8-9-19)15-41-25-13-20-10-18(25)14-37(20)31-34-28-21(16-4-1-2-5-16)11-17(30(39)40)12-26(28)42-31/h3,6-7,11-12,16,18-20,25H,1-2,4-5,8-10,13-15H2,(H,39,40)/t18-,20-,25+/m0/s1. The second kappa shape index (κ2) is 10.5. The summed E-state index contributed by atoms with van der Waals surface area (Å²) in [4.78, 5) is 19.5. The Morgan fingerprint density at radius 1 is 1.07 bits per heavy atom. The number of hydrogen-bond acceptors (Lipinski definition) is 7. The minimum absolute atomic E-state index is 0.144. The van der Waals surface area contributed by atoms with Gasteiger partial charge in [0.15, 0.2) is 5.13 Å². The monoisotopic (exact) mass is 623 g/mol. The Hall–Kier alpha value is -2.72. The van der Waals surface area contributed by atoms with Crippen molar-refractivity contribution in [3.8, 4) is 11.3 Å². The number of halogens is 2. The molecule has 1 aliphatic heterocycles. The molecular formula is C31H31Cl2N5O3S. The Morgan fingerprint density at radius 3 is 2.55 bits per heavy atom. The summed E-state index contributed by atoms with van der Waals surface area (Å²) in [7, 11) is 0. The van der Waals surface area contributed by atoms with Crippen molar-refractivity contribution >= 4 is 55.9 Å². The largest absolute Gasteiger partial charge is 0.478 e. The van der Waals surface area contributed by atoms with E-state index < -0.39 is 5.97 Å². The maximum Gasteiger partial charge on any atom is 0.335 e. The molecular weight excluding hydrogens is 593 g/mol. The van der Waals surface area contributed by atoms with Gasteiger partial charge in [0.1, 0.15) is 5.69 Å². The molecule has 0 spiro atoms. The van der Waals surface area contributed by atoms with E-state index in [1.165, 1.54) is 12.8 Å². The summed E-state index contributed by atoms with van der Waals surface area (Å²) in [5.41, 5.74) is 4.83. The summed E-state index contributed by atoms with van der Waals surface area (Å²) >= 11 is 14.7. The molecule has 4 aliphatic rings. The van der Waals surface area contributed by atoms with E-state index in [9.17, 15) is 9.90 Å². The van der Waals surface area contributed by atoms with Gasteiger partial charge < -0.3 is 14.7 Å². The summed E-state index contributed by atoms with van der Waals surface area (Å²) in [6, 6.07) is 9.88. The highest BCUT2D eigenvalue weighted by atomic mass is 35.5. The molecule has 0 radical (unpaired) electrons. The van der Waals surface area contributed by atoms with Crippen LogP contribution in [0.15, 0.2) is 30.3 Å². The maximum absolute atomic E-state index is 11.9. The van der Waals surface area contributed by atoms with E-state index >= 15 is 0 Å². The average Bonchev–Trinajstić information content (AvgIpc) is 3.49. The maximum atomic E-state index is 11.9. The third-order valence-electron chi connectivity index (χ3n) is 9.60. The lowest BCUT2D eigenvalue weighted by Gasteiger charge is -2.31. The highest BCUT2D eigenvalue weighted by Gasteiger charge is 2.46. The second-order valence-corrected chi connectivity index (χ2v) is 14.1. The van der Waals surface area contributed by atoms with Gasteiger partial charge in [-0.2, -0.15) is 0 Å². The van der Waals surface area contributed by atoms with Crippen LogP contribution in [0, 0.1) is 5.92 Å². The molecule has 2 bridgehead atoms. The van der Waals surface area contributed by atoms with Gasteiger partial charge in [-0.1, -0.05) is 58.7 Å². The summed E-state index contributed by atoms with van der Waals surface area (Å²) in [5, 5.41) is 20.9. The molecule has 3 atom stereocenters. The van der Waals surface area contributed by atoms with E-state index in [0.29, 0.717) is 57.4 Å². The van der Waals surface area contributed by atoms with Gasteiger partial charge in [0.2, 0.25) is 0 Å².